The van der Waals surface area contributed by atoms with E-state index in [2.05, 4.69) is 4.98 Å². The minimum atomic E-state index is -0.215. The molecule has 0 atom stereocenters. The van der Waals surface area contributed by atoms with E-state index < -0.39 is 0 Å². The third kappa shape index (κ3) is 1.46. The number of imidazole rings is 1. The van der Waals surface area contributed by atoms with Crippen molar-refractivity contribution in [2.45, 2.75) is 0 Å². The number of rotatable bonds is 1. The van der Waals surface area contributed by atoms with E-state index in [-0.39, 0.29) is 5.82 Å². The molecule has 0 fully saturated rings. The summed E-state index contributed by atoms with van der Waals surface area (Å²) in [4.78, 5) is 3.27. The van der Waals surface area contributed by atoms with E-state index in [0.29, 0.717) is 0 Å². The summed E-state index contributed by atoms with van der Waals surface area (Å²) in [7, 11) is 0. The summed E-state index contributed by atoms with van der Waals surface area (Å²) in [5.41, 5.74) is 2.97. The molecule has 0 radical (unpaired) electrons. The van der Waals surface area contributed by atoms with Crippen molar-refractivity contribution in [1.82, 2.24) is 4.98 Å². The fraction of sp³-hybridized carbons (Fsp3) is 0. The van der Waals surface area contributed by atoms with Gasteiger partial charge in [0.05, 0.1) is 6.20 Å². The minimum absolute atomic E-state index is 0.215. The number of aromatic nitrogens is 2. The average Bonchev–Trinajstić information content (AvgIpc) is 2.73. The first-order chi connectivity index (χ1) is 7.83. The van der Waals surface area contributed by atoms with Gasteiger partial charge in [0, 0.05) is 11.6 Å². The maximum Gasteiger partial charge on any atom is 0.284 e. The Balaban J connectivity index is 2.15. The molecule has 0 bridgehead atoms. The minimum Gasteiger partial charge on any atom is -0.237 e. The zero-order valence-corrected chi connectivity index (χ0v) is 8.52. The third-order valence-electron chi connectivity index (χ3n) is 2.58. The van der Waals surface area contributed by atoms with Crippen molar-refractivity contribution in [3.8, 4) is 11.3 Å². The van der Waals surface area contributed by atoms with Crippen LogP contribution in [0.15, 0.2) is 54.9 Å². The highest BCUT2D eigenvalue weighted by atomic mass is 19.1. The Hall–Kier alpha value is -2.16. The Morgan fingerprint density at radius 1 is 1.00 bits per heavy atom. The van der Waals surface area contributed by atoms with Gasteiger partial charge in [-0.2, -0.15) is 0 Å². The van der Waals surface area contributed by atoms with Gasteiger partial charge in [0.25, 0.3) is 5.65 Å². The summed E-state index contributed by atoms with van der Waals surface area (Å²) in [5.74, 6) is -0.215. The fourth-order valence-corrected chi connectivity index (χ4v) is 1.76. The topological polar surface area (TPSA) is 19.9 Å². The van der Waals surface area contributed by atoms with Gasteiger partial charge in [-0.05, 0) is 30.3 Å². The number of nitrogens with zero attached hydrogens (tertiary/aromatic N) is 1. The Morgan fingerprint density at radius 3 is 2.56 bits per heavy atom. The van der Waals surface area contributed by atoms with Crippen LogP contribution in [0.5, 0.6) is 0 Å². The number of benzene rings is 1. The van der Waals surface area contributed by atoms with Gasteiger partial charge in [0.15, 0.2) is 5.69 Å². The predicted molar refractivity (Wildman–Crippen MR) is 59.3 cm³/mol. The molecule has 0 unspecified atom stereocenters. The second-order valence-corrected chi connectivity index (χ2v) is 3.67. The van der Waals surface area contributed by atoms with Crippen LogP contribution in [0, 0.1) is 5.82 Å². The SMILES string of the molecule is Fc1ccc(-c2c[n+]3ccccc3[nH]2)cc1. The van der Waals surface area contributed by atoms with E-state index in [1.807, 2.05) is 35.0 Å². The summed E-state index contributed by atoms with van der Waals surface area (Å²) in [5, 5.41) is 0. The zero-order valence-electron chi connectivity index (χ0n) is 8.52. The van der Waals surface area contributed by atoms with Crippen LogP contribution in [-0.2, 0) is 0 Å². The highest BCUT2D eigenvalue weighted by molar-refractivity contribution is 5.59. The number of aromatic amines is 1. The lowest BCUT2D eigenvalue weighted by Gasteiger charge is -1.91. The van der Waals surface area contributed by atoms with Crippen molar-refractivity contribution in [1.29, 1.82) is 0 Å². The van der Waals surface area contributed by atoms with Gasteiger partial charge in [0.1, 0.15) is 12.0 Å². The van der Waals surface area contributed by atoms with E-state index >= 15 is 0 Å². The Labute approximate surface area is 92.0 Å². The van der Waals surface area contributed by atoms with E-state index in [9.17, 15) is 4.39 Å². The van der Waals surface area contributed by atoms with Crippen LogP contribution in [0.1, 0.15) is 0 Å². The molecule has 3 rings (SSSR count). The Bertz CT molecular complexity index is 593. The highest BCUT2D eigenvalue weighted by Gasteiger charge is 2.09. The molecule has 2 heterocycles. The van der Waals surface area contributed by atoms with Crippen LogP contribution in [0.2, 0.25) is 0 Å². The third-order valence-corrected chi connectivity index (χ3v) is 2.58. The molecular weight excluding hydrogens is 203 g/mol. The molecule has 2 aromatic heterocycles. The van der Waals surface area contributed by atoms with Crippen molar-refractivity contribution < 1.29 is 8.79 Å². The molecule has 0 amide bonds. The fourth-order valence-electron chi connectivity index (χ4n) is 1.76. The number of pyridine rings is 1. The van der Waals surface area contributed by atoms with Crippen LogP contribution in [-0.4, -0.2) is 4.98 Å². The van der Waals surface area contributed by atoms with E-state index in [0.717, 1.165) is 16.9 Å². The first kappa shape index (κ1) is 9.09. The molecule has 2 nitrogen and oxygen atoms in total. The van der Waals surface area contributed by atoms with Crippen molar-refractivity contribution in [2.75, 3.05) is 0 Å². The molecule has 3 heteroatoms. The highest BCUT2D eigenvalue weighted by Crippen LogP contribution is 2.16. The van der Waals surface area contributed by atoms with Crippen molar-refractivity contribution in [3.05, 3.63) is 60.7 Å². The smallest absolute Gasteiger partial charge is 0.237 e. The van der Waals surface area contributed by atoms with Gasteiger partial charge in [-0.3, -0.25) is 0 Å². The first-order valence-electron chi connectivity index (χ1n) is 5.08. The number of nitrogens with one attached hydrogen (secondary N) is 1. The van der Waals surface area contributed by atoms with Crippen LogP contribution >= 0.6 is 0 Å². The zero-order chi connectivity index (χ0) is 11.0. The molecular formula is C13H10FN2+. The Kier molecular flexibility index (Phi) is 1.96. The van der Waals surface area contributed by atoms with Gasteiger partial charge in [0.2, 0.25) is 0 Å². The van der Waals surface area contributed by atoms with Crippen LogP contribution in [0.4, 0.5) is 4.39 Å². The summed E-state index contributed by atoms with van der Waals surface area (Å²) >= 11 is 0. The molecule has 0 aliphatic carbocycles. The van der Waals surface area contributed by atoms with Crippen LogP contribution in [0.25, 0.3) is 16.9 Å². The van der Waals surface area contributed by atoms with Crippen molar-refractivity contribution in [2.24, 2.45) is 0 Å². The molecule has 0 saturated carbocycles. The molecule has 0 aliphatic heterocycles. The van der Waals surface area contributed by atoms with Crippen molar-refractivity contribution in [3.63, 3.8) is 0 Å². The van der Waals surface area contributed by atoms with Crippen molar-refractivity contribution >= 4 is 5.65 Å². The number of H-pyrrole nitrogens is 1. The molecule has 1 N–H and O–H groups in total. The maximum atomic E-state index is 12.8. The van der Waals surface area contributed by atoms with Gasteiger partial charge in [-0.25, -0.2) is 13.8 Å². The van der Waals surface area contributed by atoms with Crippen LogP contribution < -0.4 is 4.40 Å². The number of halogens is 1. The number of fused-ring (bicyclic) bond motifs is 1. The second-order valence-electron chi connectivity index (χ2n) is 3.67. The average molecular weight is 213 g/mol. The molecule has 3 aromatic rings. The maximum absolute atomic E-state index is 12.8. The number of hydrogen-bond donors (Lipinski definition) is 1. The van der Waals surface area contributed by atoms with Gasteiger partial charge < -0.3 is 0 Å². The summed E-state index contributed by atoms with van der Waals surface area (Å²) < 4.78 is 14.8. The van der Waals surface area contributed by atoms with E-state index in [1.165, 1.54) is 12.1 Å². The molecule has 1 aromatic carbocycles. The largest absolute Gasteiger partial charge is 0.284 e. The monoisotopic (exact) mass is 213 g/mol. The second kappa shape index (κ2) is 3.45. The van der Waals surface area contributed by atoms with Gasteiger partial charge in [-0.15, -0.1) is 0 Å². The quantitative estimate of drug-likeness (QED) is 0.599. The molecule has 0 saturated heterocycles. The van der Waals surface area contributed by atoms with E-state index in [1.54, 1.807) is 12.1 Å². The predicted octanol–water partition coefficient (Wildman–Crippen LogP) is 2.56. The Morgan fingerprint density at radius 2 is 1.81 bits per heavy atom. The molecule has 78 valence electrons. The lowest BCUT2D eigenvalue weighted by atomic mass is 10.2. The van der Waals surface area contributed by atoms with E-state index in [4.69, 9.17) is 0 Å². The molecule has 0 aliphatic rings. The summed E-state index contributed by atoms with van der Waals surface area (Å²) in [6.45, 7) is 0. The lowest BCUT2D eigenvalue weighted by molar-refractivity contribution is -0.509. The summed E-state index contributed by atoms with van der Waals surface area (Å²) in [6, 6.07) is 12.4. The standard InChI is InChI=1S/C13H9FN2/c14-11-6-4-10(5-7-11)12-9-16-8-2-1-3-13(16)15-12/h1-9H/p+1. The van der Waals surface area contributed by atoms with Gasteiger partial charge in [-0.1, -0.05) is 6.07 Å². The first-order valence-corrected chi connectivity index (χ1v) is 5.08. The lowest BCUT2D eigenvalue weighted by Crippen LogP contribution is -2.15. The van der Waals surface area contributed by atoms with Crippen LogP contribution in [0.3, 0.4) is 0 Å². The molecule has 0 spiro atoms. The van der Waals surface area contributed by atoms with Gasteiger partial charge >= 0.3 is 0 Å². The summed E-state index contributed by atoms with van der Waals surface area (Å²) in [6.07, 6.45) is 3.96. The molecule has 16 heavy (non-hydrogen) atoms. The normalized spacial score (nSPS) is 10.8. The number of hydrogen-bond acceptors (Lipinski definition) is 0.